The predicted molar refractivity (Wildman–Crippen MR) is 97.6 cm³/mol. The predicted octanol–water partition coefficient (Wildman–Crippen LogP) is 3.03. The summed E-state index contributed by atoms with van der Waals surface area (Å²) >= 11 is 0. The molecule has 0 fully saturated rings. The van der Waals surface area contributed by atoms with Crippen molar-refractivity contribution in [2.24, 2.45) is 0 Å². The lowest BCUT2D eigenvalue weighted by atomic mass is 10.0. The fraction of sp³-hybridized carbons (Fsp3) is 0.300. The molecule has 0 heterocycles. The summed E-state index contributed by atoms with van der Waals surface area (Å²) in [5, 5.41) is 2.86. The molecule has 0 unspecified atom stereocenters. The van der Waals surface area contributed by atoms with E-state index in [1.54, 1.807) is 36.3 Å². The minimum Gasteiger partial charge on any atom is -0.497 e. The van der Waals surface area contributed by atoms with E-state index in [0.717, 1.165) is 5.56 Å². The largest absolute Gasteiger partial charge is 0.497 e. The minimum absolute atomic E-state index is 0.113. The van der Waals surface area contributed by atoms with E-state index in [9.17, 15) is 9.59 Å². The van der Waals surface area contributed by atoms with Crippen molar-refractivity contribution >= 4 is 11.8 Å². The summed E-state index contributed by atoms with van der Waals surface area (Å²) in [4.78, 5) is 27.2. The Kier molecular flexibility index (Phi) is 6.57. The van der Waals surface area contributed by atoms with Gasteiger partial charge in [0.25, 0.3) is 5.91 Å². The van der Waals surface area contributed by atoms with Crippen LogP contribution < -0.4 is 10.1 Å². The molecule has 0 saturated heterocycles. The SMILES string of the molecule is CCN(CC)C(=O)[C@@H](NC(=O)c1ccc(OC)cc1)c1ccccc1. The van der Waals surface area contributed by atoms with Crippen LogP contribution >= 0.6 is 0 Å². The van der Waals surface area contributed by atoms with Gasteiger partial charge in [-0.2, -0.15) is 0 Å². The smallest absolute Gasteiger partial charge is 0.252 e. The summed E-state index contributed by atoms with van der Waals surface area (Å²) < 4.78 is 5.11. The van der Waals surface area contributed by atoms with Gasteiger partial charge in [0.05, 0.1) is 7.11 Å². The number of nitrogens with one attached hydrogen (secondary N) is 1. The number of carbonyl (C=O) groups excluding carboxylic acids is 2. The number of likely N-dealkylation sites (N-methyl/N-ethyl adjacent to an activating group) is 1. The molecule has 0 aromatic heterocycles. The lowest BCUT2D eigenvalue weighted by molar-refractivity contribution is -0.133. The van der Waals surface area contributed by atoms with Crippen LogP contribution in [0.2, 0.25) is 0 Å². The molecule has 0 aliphatic heterocycles. The van der Waals surface area contributed by atoms with Crippen LogP contribution in [0.1, 0.15) is 35.8 Å². The normalized spacial score (nSPS) is 11.5. The number of ether oxygens (including phenoxy) is 1. The number of hydrogen-bond donors (Lipinski definition) is 1. The maximum atomic E-state index is 12.9. The third-order valence-electron chi connectivity index (χ3n) is 4.08. The molecule has 2 rings (SSSR count). The van der Waals surface area contributed by atoms with Gasteiger partial charge in [-0.3, -0.25) is 9.59 Å². The Morgan fingerprint density at radius 3 is 2.12 bits per heavy atom. The first-order valence-corrected chi connectivity index (χ1v) is 8.39. The number of methoxy groups -OCH3 is 1. The lowest BCUT2D eigenvalue weighted by Crippen LogP contribution is -2.42. The average Bonchev–Trinajstić information content (AvgIpc) is 2.67. The number of amides is 2. The first-order valence-electron chi connectivity index (χ1n) is 8.39. The van der Waals surface area contributed by atoms with Crippen LogP contribution in [0.15, 0.2) is 54.6 Å². The average molecular weight is 340 g/mol. The molecule has 1 atom stereocenters. The third-order valence-corrected chi connectivity index (χ3v) is 4.08. The molecule has 2 amide bonds. The van der Waals surface area contributed by atoms with Crippen molar-refractivity contribution in [3.63, 3.8) is 0 Å². The summed E-state index contributed by atoms with van der Waals surface area (Å²) in [6.45, 7) is 5.04. The van der Waals surface area contributed by atoms with Crippen molar-refractivity contribution in [2.75, 3.05) is 20.2 Å². The Morgan fingerprint density at radius 1 is 1.00 bits per heavy atom. The van der Waals surface area contributed by atoms with E-state index in [1.165, 1.54) is 0 Å². The molecule has 0 spiro atoms. The highest BCUT2D eigenvalue weighted by Crippen LogP contribution is 2.18. The van der Waals surface area contributed by atoms with Gasteiger partial charge >= 0.3 is 0 Å². The Balaban J connectivity index is 2.26. The van der Waals surface area contributed by atoms with Gasteiger partial charge in [0, 0.05) is 18.7 Å². The molecule has 0 saturated carbocycles. The van der Waals surface area contributed by atoms with Crippen LogP contribution in [0.25, 0.3) is 0 Å². The van der Waals surface area contributed by atoms with E-state index in [-0.39, 0.29) is 11.8 Å². The molecule has 0 bridgehead atoms. The Labute approximate surface area is 148 Å². The summed E-state index contributed by atoms with van der Waals surface area (Å²) in [5.74, 6) is 0.269. The maximum absolute atomic E-state index is 12.9. The van der Waals surface area contributed by atoms with Crippen LogP contribution in [0.3, 0.4) is 0 Å². The van der Waals surface area contributed by atoms with Gasteiger partial charge in [0.15, 0.2) is 0 Å². The zero-order valence-electron chi connectivity index (χ0n) is 14.9. The van der Waals surface area contributed by atoms with Gasteiger partial charge in [-0.05, 0) is 43.7 Å². The van der Waals surface area contributed by atoms with E-state index in [2.05, 4.69) is 5.32 Å². The number of benzene rings is 2. The lowest BCUT2D eigenvalue weighted by Gasteiger charge is -2.26. The molecule has 2 aromatic carbocycles. The summed E-state index contributed by atoms with van der Waals surface area (Å²) in [6.07, 6.45) is 0. The highest BCUT2D eigenvalue weighted by molar-refractivity contribution is 5.98. The van der Waals surface area contributed by atoms with Crippen molar-refractivity contribution in [1.29, 1.82) is 0 Å². The monoisotopic (exact) mass is 340 g/mol. The van der Waals surface area contributed by atoms with Crippen molar-refractivity contribution in [3.8, 4) is 5.75 Å². The van der Waals surface area contributed by atoms with E-state index in [0.29, 0.717) is 24.4 Å². The topological polar surface area (TPSA) is 58.6 Å². The fourth-order valence-corrected chi connectivity index (χ4v) is 2.61. The molecule has 25 heavy (non-hydrogen) atoms. The first kappa shape index (κ1) is 18.5. The Bertz CT molecular complexity index is 695. The quantitative estimate of drug-likeness (QED) is 0.843. The van der Waals surface area contributed by atoms with Crippen LogP contribution in [0, 0.1) is 0 Å². The zero-order chi connectivity index (χ0) is 18.2. The van der Waals surface area contributed by atoms with Gasteiger partial charge in [-0.1, -0.05) is 30.3 Å². The Morgan fingerprint density at radius 2 is 1.60 bits per heavy atom. The molecule has 2 aromatic rings. The summed E-state index contributed by atoms with van der Waals surface area (Å²) in [6, 6.07) is 15.4. The highest BCUT2D eigenvalue weighted by Gasteiger charge is 2.26. The molecular weight excluding hydrogens is 316 g/mol. The zero-order valence-corrected chi connectivity index (χ0v) is 14.9. The minimum atomic E-state index is -0.712. The second-order valence-electron chi connectivity index (χ2n) is 5.56. The second kappa shape index (κ2) is 8.87. The van der Waals surface area contributed by atoms with Gasteiger partial charge in [0.1, 0.15) is 11.8 Å². The van der Waals surface area contributed by atoms with Crippen molar-refractivity contribution < 1.29 is 14.3 Å². The van der Waals surface area contributed by atoms with E-state index < -0.39 is 6.04 Å². The van der Waals surface area contributed by atoms with E-state index in [4.69, 9.17) is 4.74 Å². The summed E-state index contributed by atoms with van der Waals surface area (Å²) in [5.41, 5.74) is 1.25. The molecule has 0 aliphatic carbocycles. The molecule has 5 nitrogen and oxygen atoms in total. The molecule has 132 valence electrons. The highest BCUT2D eigenvalue weighted by atomic mass is 16.5. The van der Waals surface area contributed by atoms with Crippen LogP contribution in [0.5, 0.6) is 5.75 Å². The van der Waals surface area contributed by atoms with Gasteiger partial charge in [-0.15, -0.1) is 0 Å². The number of carbonyl (C=O) groups is 2. The van der Waals surface area contributed by atoms with Crippen molar-refractivity contribution in [2.45, 2.75) is 19.9 Å². The molecular formula is C20H24N2O3. The van der Waals surface area contributed by atoms with Crippen LogP contribution in [-0.4, -0.2) is 36.9 Å². The van der Waals surface area contributed by atoms with E-state index >= 15 is 0 Å². The van der Waals surface area contributed by atoms with Gasteiger partial charge < -0.3 is 15.0 Å². The Hall–Kier alpha value is -2.82. The van der Waals surface area contributed by atoms with E-state index in [1.807, 2.05) is 44.2 Å². The third kappa shape index (κ3) is 4.59. The van der Waals surface area contributed by atoms with Crippen molar-refractivity contribution in [3.05, 3.63) is 65.7 Å². The maximum Gasteiger partial charge on any atom is 0.252 e. The first-order chi connectivity index (χ1) is 12.1. The van der Waals surface area contributed by atoms with Crippen LogP contribution in [0.4, 0.5) is 0 Å². The van der Waals surface area contributed by atoms with Crippen molar-refractivity contribution in [1.82, 2.24) is 10.2 Å². The molecule has 5 heteroatoms. The van der Waals surface area contributed by atoms with Gasteiger partial charge in [0.2, 0.25) is 5.91 Å². The summed E-state index contributed by atoms with van der Waals surface area (Å²) in [7, 11) is 1.57. The molecule has 0 radical (unpaired) electrons. The van der Waals surface area contributed by atoms with Gasteiger partial charge in [-0.25, -0.2) is 0 Å². The molecule has 1 N–H and O–H groups in total. The number of nitrogens with zero attached hydrogens (tertiary/aromatic N) is 1. The second-order valence-corrected chi connectivity index (χ2v) is 5.56. The fourth-order valence-electron chi connectivity index (χ4n) is 2.61. The number of rotatable bonds is 7. The molecule has 0 aliphatic rings. The number of hydrogen-bond acceptors (Lipinski definition) is 3. The standard InChI is InChI=1S/C20H24N2O3/c1-4-22(5-2)20(24)18(15-9-7-6-8-10-15)21-19(23)16-11-13-17(25-3)14-12-16/h6-14,18H,4-5H2,1-3H3,(H,21,23)/t18-/m0/s1. The van der Waals surface area contributed by atoms with Crippen LogP contribution in [-0.2, 0) is 4.79 Å².